The molecule has 1 aromatic carbocycles. The zero-order chi connectivity index (χ0) is 15.9. The van der Waals surface area contributed by atoms with Gasteiger partial charge in [0, 0.05) is 13.6 Å². The molecule has 0 aromatic heterocycles. The van der Waals surface area contributed by atoms with Crippen molar-refractivity contribution in [3.05, 3.63) is 30.3 Å². The van der Waals surface area contributed by atoms with Gasteiger partial charge in [-0.15, -0.1) is 0 Å². The summed E-state index contributed by atoms with van der Waals surface area (Å²) in [4.78, 5) is 13.7. The summed E-state index contributed by atoms with van der Waals surface area (Å²) < 4.78 is 6.05. The van der Waals surface area contributed by atoms with E-state index in [0.29, 0.717) is 6.54 Å². The highest BCUT2D eigenvalue weighted by atomic mass is 16.5. The molecule has 0 unspecified atom stereocenters. The van der Waals surface area contributed by atoms with Gasteiger partial charge in [-0.2, -0.15) is 0 Å². The van der Waals surface area contributed by atoms with E-state index in [1.165, 1.54) is 4.90 Å². The topological polar surface area (TPSA) is 61.8 Å². The van der Waals surface area contributed by atoms with Crippen LogP contribution in [0.15, 0.2) is 30.3 Å². The smallest absolute Gasteiger partial charge is 0.317 e. The highest BCUT2D eigenvalue weighted by Gasteiger charge is 2.29. The van der Waals surface area contributed by atoms with Crippen molar-refractivity contribution in [2.24, 2.45) is 0 Å². The van der Waals surface area contributed by atoms with Crippen molar-refractivity contribution in [3.63, 3.8) is 0 Å². The fourth-order valence-corrected chi connectivity index (χ4v) is 2.82. The molecular formula is C17H26N2O3. The normalized spacial score (nSPS) is 22.7. The number of hydrogen-bond acceptors (Lipinski definition) is 3. The van der Waals surface area contributed by atoms with Gasteiger partial charge in [-0.25, -0.2) is 4.79 Å². The maximum Gasteiger partial charge on any atom is 0.317 e. The fourth-order valence-electron chi connectivity index (χ4n) is 2.82. The molecule has 1 fully saturated rings. The van der Waals surface area contributed by atoms with E-state index in [2.05, 4.69) is 5.32 Å². The summed E-state index contributed by atoms with van der Waals surface area (Å²) in [6, 6.07) is 9.58. The Bertz CT molecular complexity index is 464. The third kappa shape index (κ3) is 4.91. The molecular weight excluding hydrogens is 280 g/mol. The Labute approximate surface area is 132 Å². The molecule has 3 atom stereocenters. The minimum Gasteiger partial charge on any atom is -0.488 e. The molecule has 5 nitrogen and oxygen atoms in total. The van der Waals surface area contributed by atoms with Gasteiger partial charge >= 0.3 is 6.03 Å². The number of hydrogen-bond donors (Lipinski definition) is 2. The second-order valence-corrected chi connectivity index (χ2v) is 6.04. The highest BCUT2D eigenvalue weighted by Crippen LogP contribution is 2.24. The summed E-state index contributed by atoms with van der Waals surface area (Å²) in [6.45, 7) is 1.99. The first-order valence-corrected chi connectivity index (χ1v) is 7.97. The van der Waals surface area contributed by atoms with E-state index in [-0.39, 0.29) is 18.2 Å². The zero-order valence-electron chi connectivity index (χ0n) is 13.4. The van der Waals surface area contributed by atoms with Gasteiger partial charge in [0.1, 0.15) is 11.9 Å². The Morgan fingerprint density at radius 2 is 2.05 bits per heavy atom. The van der Waals surface area contributed by atoms with Crippen LogP contribution in [0.1, 0.15) is 32.6 Å². The maximum atomic E-state index is 12.2. The van der Waals surface area contributed by atoms with Crippen LogP contribution >= 0.6 is 0 Å². The van der Waals surface area contributed by atoms with Crippen LogP contribution in [-0.2, 0) is 0 Å². The van der Waals surface area contributed by atoms with Crippen LogP contribution in [0.2, 0.25) is 0 Å². The number of para-hydroxylation sites is 1. The number of aliphatic hydroxyl groups is 1. The molecule has 5 heteroatoms. The van der Waals surface area contributed by atoms with Gasteiger partial charge < -0.3 is 20.1 Å². The summed E-state index contributed by atoms with van der Waals surface area (Å²) in [5.74, 6) is 0.839. The Balaban J connectivity index is 1.93. The summed E-state index contributed by atoms with van der Waals surface area (Å²) in [5.41, 5.74) is 0. The number of likely N-dealkylation sites (N-methyl/N-ethyl adjacent to an activating group) is 1. The monoisotopic (exact) mass is 306 g/mol. The molecule has 0 bridgehead atoms. The van der Waals surface area contributed by atoms with Gasteiger partial charge in [0.05, 0.1) is 12.1 Å². The number of aliphatic hydroxyl groups excluding tert-OH is 1. The molecule has 0 heterocycles. The lowest BCUT2D eigenvalue weighted by Crippen LogP contribution is -2.52. The van der Waals surface area contributed by atoms with Crippen molar-refractivity contribution >= 4 is 6.03 Å². The quantitative estimate of drug-likeness (QED) is 0.878. The molecule has 0 saturated heterocycles. The number of rotatable bonds is 5. The Morgan fingerprint density at radius 1 is 1.36 bits per heavy atom. The van der Waals surface area contributed by atoms with Crippen LogP contribution in [0.5, 0.6) is 5.75 Å². The number of carbonyl (C=O) groups excluding carboxylic acids is 1. The average molecular weight is 306 g/mol. The number of ether oxygens (including phenoxy) is 1. The summed E-state index contributed by atoms with van der Waals surface area (Å²) in [7, 11) is 1.69. The Morgan fingerprint density at radius 3 is 2.73 bits per heavy atom. The third-order valence-electron chi connectivity index (χ3n) is 3.93. The van der Waals surface area contributed by atoms with E-state index < -0.39 is 6.10 Å². The van der Waals surface area contributed by atoms with E-state index in [4.69, 9.17) is 4.74 Å². The highest BCUT2D eigenvalue weighted by molar-refractivity contribution is 5.74. The van der Waals surface area contributed by atoms with Crippen LogP contribution in [-0.4, -0.2) is 47.9 Å². The van der Waals surface area contributed by atoms with E-state index in [0.717, 1.165) is 31.4 Å². The lowest BCUT2D eigenvalue weighted by molar-refractivity contribution is 0.106. The Kier molecular flexibility index (Phi) is 6.07. The van der Waals surface area contributed by atoms with Crippen LogP contribution in [0, 0.1) is 0 Å². The molecule has 1 aliphatic rings. The lowest BCUT2D eigenvalue weighted by Gasteiger charge is -2.33. The second-order valence-electron chi connectivity index (χ2n) is 6.04. The van der Waals surface area contributed by atoms with Crippen molar-refractivity contribution in [2.45, 2.75) is 50.9 Å². The number of amides is 2. The number of urea groups is 1. The molecule has 22 heavy (non-hydrogen) atoms. The van der Waals surface area contributed by atoms with Crippen molar-refractivity contribution < 1.29 is 14.6 Å². The van der Waals surface area contributed by atoms with Crippen molar-refractivity contribution in [1.29, 1.82) is 0 Å². The fraction of sp³-hybridized carbons (Fsp3) is 0.588. The number of carbonyl (C=O) groups is 1. The number of nitrogens with zero attached hydrogens (tertiary/aromatic N) is 1. The molecule has 0 radical (unpaired) electrons. The van der Waals surface area contributed by atoms with E-state index >= 15 is 0 Å². The molecule has 0 spiro atoms. The van der Waals surface area contributed by atoms with Gasteiger partial charge in [-0.05, 0) is 38.3 Å². The van der Waals surface area contributed by atoms with E-state index in [9.17, 15) is 9.90 Å². The molecule has 2 amide bonds. The predicted molar refractivity (Wildman–Crippen MR) is 86.0 cm³/mol. The SMILES string of the molecule is C[C@H](O)CN(C)C(=O)N[C@H]1CCCC[C@H]1Oc1ccccc1. The van der Waals surface area contributed by atoms with Gasteiger partial charge in [0.15, 0.2) is 0 Å². The summed E-state index contributed by atoms with van der Waals surface area (Å²) in [5, 5.41) is 12.4. The molecule has 1 saturated carbocycles. The molecule has 2 N–H and O–H groups in total. The van der Waals surface area contributed by atoms with E-state index in [1.54, 1.807) is 14.0 Å². The first-order valence-electron chi connectivity index (χ1n) is 7.97. The molecule has 122 valence electrons. The standard InChI is InChI=1S/C17H26N2O3/c1-13(20)12-19(2)17(21)18-15-10-6-7-11-16(15)22-14-8-4-3-5-9-14/h3-5,8-9,13,15-16,20H,6-7,10-12H2,1-2H3,(H,18,21)/t13-,15-,16+/m0/s1. The first kappa shape index (κ1) is 16.6. The first-order chi connectivity index (χ1) is 10.6. The lowest BCUT2D eigenvalue weighted by atomic mass is 9.92. The predicted octanol–water partition coefficient (Wildman–Crippen LogP) is 2.40. The minimum atomic E-state index is -0.529. The number of nitrogens with one attached hydrogen (secondary N) is 1. The zero-order valence-corrected chi connectivity index (χ0v) is 13.4. The summed E-state index contributed by atoms with van der Waals surface area (Å²) >= 11 is 0. The number of benzene rings is 1. The largest absolute Gasteiger partial charge is 0.488 e. The average Bonchev–Trinajstić information content (AvgIpc) is 2.49. The molecule has 0 aliphatic heterocycles. The van der Waals surface area contributed by atoms with Crippen molar-refractivity contribution in [2.75, 3.05) is 13.6 Å². The van der Waals surface area contributed by atoms with Gasteiger partial charge in [0.25, 0.3) is 0 Å². The van der Waals surface area contributed by atoms with Crippen LogP contribution in [0.25, 0.3) is 0 Å². The van der Waals surface area contributed by atoms with Crippen molar-refractivity contribution in [1.82, 2.24) is 10.2 Å². The molecule has 2 rings (SSSR count). The summed E-state index contributed by atoms with van der Waals surface area (Å²) in [6.07, 6.45) is 3.55. The van der Waals surface area contributed by atoms with Crippen LogP contribution in [0.3, 0.4) is 0 Å². The third-order valence-corrected chi connectivity index (χ3v) is 3.93. The van der Waals surface area contributed by atoms with Crippen LogP contribution in [0.4, 0.5) is 4.79 Å². The Hall–Kier alpha value is -1.75. The van der Waals surface area contributed by atoms with E-state index in [1.807, 2.05) is 30.3 Å². The van der Waals surface area contributed by atoms with Gasteiger partial charge in [-0.3, -0.25) is 0 Å². The molecule has 1 aliphatic carbocycles. The van der Waals surface area contributed by atoms with Gasteiger partial charge in [-0.1, -0.05) is 24.6 Å². The second kappa shape index (κ2) is 8.03. The maximum absolute atomic E-state index is 12.2. The van der Waals surface area contributed by atoms with Crippen LogP contribution < -0.4 is 10.1 Å². The molecule has 1 aromatic rings. The minimum absolute atomic E-state index is 0.0000463. The van der Waals surface area contributed by atoms with Crippen molar-refractivity contribution in [3.8, 4) is 5.75 Å². The van der Waals surface area contributed by atoms with Gasteiger partial charge in [0.2, 0.25) is 0 Å².